The molecule has 0 N–H and O–H groups in total. The molecule has 1 fully saturated rings. The minimum absolute atomic E-state index is 0.0274. The molecule has 1 aliphatic heterocycles. The highest BCUT2D eigenvalue weighted by molar-refractivity contribution is 7.88. The Bertz CT molecular complexity index is 721. The van der Waals surface area contributed by atoms with Crippen LogP contribution in [0.5, 0.6) is 0 Å². The van der Waals surface area contributed by atoms with E-state index in [0.717, 1.165) is 43.5 Å². The Hall–Kier alpha value is -1.25. The average Bonchev–Trinajstić information content (AvgIpc) is 2.52. The molecule has 0 bridgehead atoms. The van der Waals surface area contributed by atoms with Crippen LogP contribution in [0.2, 0.25) is 0 Å². The van der Waals surface area contributed by atoms with Crippen molar-refractivity contribution in [1.29, 1.82) is 0 Å². The standard InChI is InChI=1S/C15H24N4O3S/c1-23(21,22)18-9-6-17(7-10-18)8-11-19-15(20)12-13-4-2-3-5-14(13)16-19/h12H,2-11H2,1H3. The fourth-order valence-electron chi connectivity index (χ4n) is 3.28. The summed E-state index contributed by atoms with van der Waals surface area (Å²) in [6.07, 6.45) is 5.46. The Morgan fingerprint density at radius 1 is 1.09 bits per heavy atom. The molecule has 128 valence electrons. The van der Waals surface area contributed by atoms with E-state index in [9.17, 15) is 13.2 Å². The lowest BCUT2D eigenvalue weighted by Gasteiger charge is -2.33. The lowest BCUT2D eigenvalue weighted by Crippen LogP contribution is -2.49. The molecular formula is C15H24N4O3S. The van der Waals surface area contributed by atoms with E-state index < -0.39 is 10.0 Å². The number of piperazine rings is 1. The minimum Gasteiger partial charge on any atom is -0.299 e. The molecular weight excluding hydrogens is 316 g/mol. The normalized spacial score (nSPS) is 20.4. The molecule has 23 heavy (non-hydrogen) atoms. The molecule has 7 nitrogen and oxygen atoms in total. The van der Waals surface area contributed by atoms with Gasteiger partial charge in [-0.25, -0.2) is 13.1 Å². The van der Waals surface area contributed by atoms with Crippen LogP contribution in [0.25, 0.3) is 0 Å². The van der Waals surface area contributed by atoms with E-state index >= 15 is 0 Å². The van der Waals surface area contributed by atoms with Gasteiger partial charge in [-0.05, 0) is 31.2 Å². The molecule has 0 radical (unpaired) electrons. The maximum Gasteiger partial charge on any atom is 0.267 e. The molecule has 0 saturated carbocycles. The molecule has 2 heterocycles. The monoisotopic (exact) mass is 340 g/mol. The van der Waals surface area contributed by atoms with Gasteiger partial charge in [-0.15, -0.1) is 0 Å². The van der Waals surface area contributed by atoms with E-state index in [1.807, 2.05) is 0 Å². The molecule has 0 atom stereocenters. The Kier molecular flexibility index (Phi) is 4.84. The number of aryl methyl sites for hydroxylation is 2. The second-order valence-electron chi connectivity index (χ2n) is 6.39. The Morgan fingerprint density at radius 2 is 1.78 bits per heavy atom. The topological polar surface area (TPSA) is 75.5 Å². The molecule has 8 heteroatoms. The van der Waals surface area contributed by atoms with Crippen LogP contribution in [0.15, 0.2) is 10.9 Å². The van der Waals surface area contributed by atoms with Gasteiger partial charge in [0.2, 0.25) is 10.0 Å². The summed E-state index contributed by atoms with van der Waals surface area (Å²) in [4.78, 5) is 14.3. The predicted molar refractivity (Wildman–Crippen MR) is 88.0 cm³/mol. The maximum atomic E-state index is 12.1. The van der Waals surface area contributed by atoms with Crippen LogP contribution in [0.1, 0.15) is 24.1 Å². The van der Waals surface area contributed by atoms with E-state index in [-0.39, 0.29) is 5.56 Å². The third kappa shape index (κ3) is 3.99. The summed E-state index contributed by atoms with van der Waals surface area (Å²) >= 11 is 0. The van der Waals surface area contributed by atoms with Crippen LogP contribution in [-0.2, 0) is 29.4 Å². The van der Waals surface area contributed by atoms with Crippen molar-refractivity contribution in [3.63, 3.8) is 0 Å². The Balaban J connectivity index is 1.58. The van der Waals surface area contributed by atoms with Crippen LogP contribution >= 0.6 is 0 Å². The van der Waals surface area contributed by atoms with Gasteiger partial charge in [0.25, 0.3) is 5.56 Å². The second kappa shape index (κ2) is 6.70. The van der Waals surface area contributed by atoms with Crippen molar-refractivity contribution in [3.05, 3.63) is 27.7 Å². The molecule has 0 unspecified atom stereocenters. The van der Waals surface area contributed by atoms with Crippen LogP contribution in [0.4, 0.5) is 0 Å². The number of hydrogen-bond donors (Lipinski definition) is 0. The van der Waals surface area contributed by atoms with Gasteiger partial charge in [0, 0.05) is 38.8 Å². The van der Waals surface area contributed by atoms with E-state index in [1.165, 1.54) is 10.6 Å². The quantitative estimate of drug-likeness (QED) is 0.752. The minimum atomic E-state index is -3.09. The molecule has 1 saturated heterocycles. The Morgan fingerprint density at radius 3 is 2.48 bits per heavy atom. The zero-order chi connectivity index (χ0) is 16.4. The van der Waals surface area contributed by atoms with Crippen LogP contribution in [0.3, 0.4) is 0 Å². The summed E-state index contributed by atoms with van der Waals surface area (Å²) < 4.78 is 26.1. The molecule has 0 amide bonds. The number of nitrogens with zero attached hydrogens (tertiary/aromatic N) is 4. The van der Waals surface area contributed by atoms with Gasteiger partial charge in [-0.1, -0.05) is 0 Å². The zero-order valence-corrected chi connectivity index (χ0v) is 14.4. The fourth-order valence-corrected chi connectivity index (χ4v) is 4.11. The highest BCUT2D eigenvalue weighted by atomic mass is 32.2. The molecule has 1 aliphatic carbocycles. The second-order valence-corrected chi connectivity index (χ2v) is 8.37. The number of aromatic nitrogens is 2. The summed E-state index contributed by atoms with van der Waals surface area (Å²) in [5, 5.41) is 4.52. The number of fused-ring (bicyclic) bond motifs is 1. The van der Waals surface area contributed by atoms with Crippen molar-refractivity contribution in [2.24, 2.45) is 0 Å². The maximum absolute atomic E-state index is 12.1. The molecule has 1 aromatic rings. The van der Waals surface area contributed by atoms with Gasteiger partial charge < -0.3 is 0 Å². The molecule has 0 spiro atoms. The lowest BCUT2D eigenvalue weighted by atomic mass is 9.97. The highest BCUT2D eigenvalue weighted by Gasteiger charge is 2.23. The molecule has 2 aliphatic rings. The van der Waals surface area contributed by atoms with E-state index in [4.69, 9.17) is 0 Å². The summed E-state index contributed by atoms with van der Waals surface area (Å²) in [6.45, 7) is 3.73. The highest BCUT2D eigenvalue weighted by Crippen LogP contribution is 2.16. The van der Waals surface area contributed by atoms with Crippen molar-refractivity contribution < 1.29 is 8.42 Å². The average molecular weight is 340 g/mol. The van der Waals surface area contributed by atoms with E-state index in [0.29, 0.717) is 32.7 Å². The van der Waals surface area contributed by atoms with Crippen molar-refractivity contribution in [2.45, 2.75) is 32.2 Å². The molecule has 1 aromatic heterocycles. The first kappa shape index (κ1) is 16.6. The third-order valence-corrected chi connectivity index (χ3v) is 6.01. The number of sulfonamides is 1. The number of rotatable bonds is 4. The summed E-state index contributed by atoms with van der Waals surface area (Å²) in [5.41, 5.74) is 2.15. The van der Waals surface area contributed by atoms with Gasteiger partial charge >= 0.3 is 0 Å². The third-order valence-electron chi connectivity index (χ3n) is 4.70. The first-order valence-corrected chi connectivity index (χ1v) is 10.1. The largest absolute Gasteiger partial charge is 0.299 e. The van der Waals surface area contributed by atoms with Gasteiger partial charge in [0.15, 0.2) is 0 Å². The summed E-state index contributed by atoms with van der Waals surface area (Å²) in [5.74, 6) is 0. The van der Waals surface area contributed by atoms with Crippen LogP contribution in [-0.4, -0.2) is 66.4 Å². The van der Waals surface area contributed by atoms with Crippen LogP contribution < -0.4 is 5.56 Å². The van der Waals surface area contributed by atoms with Crippen molar-refractivity contribution in [1.82, 2.24) is 19.0 Å². The Labute approximate surface area is 136 Å². The van der Waals surface area contributed by atoms with Crippen molar-refractivity contribution in [3.8, 4) is 0 Å². The van der Waals surface area contributed by atoms with E-state index in [1.54, 1.807) is 10.7 Å². The SMILES string of the molecule is CS(=O)(=O)N1CCN(CCn2nc3c(cc2=O)CCCC3)CC1. The summed E-state index contributed by atoms with van der Waals surface area (Å²) in [6, 6.07) is 1.74. The summed E-state index contributed by atoms with van der Waals surface area (Å²) in [7, 11) is -3.09. The van der Waals surface area contributed by atoms with Crippen LogP contribution in [0, 0.1) is 0 Å². The van der Waals surface area contributed by atoms with Gasteiger partial charge in [-0.2, -0.15) is 9.40 Å². The van der Waals surface area contributed by atoms with Gasteiger partial charge in [0.1, 0.15) is 0 Å². The van der Waals surface area contributed by atoms with Gasteiger partial charge in [0.05, 0.1) is 18.5 Å². The van der Waals surface area contributed by atoms with Gasteiger partial charge in [-0.3, -0.25) is 9.69 Å². The van der Waals surface area contributed by atoms with Crippen molar-refractivity contribution in [2.75, 3.05) is 39.0 Å². The zero-order valence-electron chi connectivity index (χ0n) is 13.6. The van der Waals surface area contributed by atoms with E-state index in [2.05, 4.69) is 10.00 Å². The van der Waals surface area contributed by atoms with Crippen molar-refractivity contribution >= 4 is 10.0 Å². The first-order valence-electron chi connectivity index (χ1n) is 8.21. The molecule has 3 rings (SSSR count). The fraction of sp³-hybridized carbons (Fsp3) is 0.733. The first-order chi connectivity index (χ1) is 10.9. The molecule has 0 aromatic carbocycles. The smallest absolute Gasteiger partial charge is 0.267 e. The predicted octanol–water partition coefficient (Wildman–Crippen LogP) is -0.301. The number of hydrogen-bond acceptors (Lipinski definition) is 5. The lowest BCUT2D eigenvalue weighted by molar-refractivity contribution is 0.180.